The van der Waals surface area contributed by atoms with E-state index in [0.29, 0.717) is 24.0 Å². The lowest BCUT2D eigenvalue weighted by Crippen LogP contribution is -2.50. The summed E-state index contributed by atoms with van der Waals surface area (Å²) < 4.78 is 5.82. The van der Waals surface area contributed by atoms with Crippen molar-refractivity contribution in [1.29, 1.82) is 0 Å². The van der Waals surface area contributed by atoms with Crippen molar-refractivity contribution in [2.24, 2.45) is 5.84 Å². The van der Waals surface area contributed by atoms with Gasteiger partial charge in [0.1, 0.15) is 5.82 Å². The molecule has 1 aromatic rings. The topological polar surface area (TPSA) is 92.5 Å². The maximum atomic E-state index is 12.0. The first-order chi connectivity index (χ1) is 10.3. The van der Waals surface area contributed by atoms with Crippen LogP contribution in [0.2, 0.25) is 0 Å². The molecular weight excluding hydrogens is 270 g/mol. The number of nitrogens with one attached hydrogen (secondary N) is 2. The van der Waals surface area contributed by atoms with E-state index in [-0.39, 0.29) is 12.0 Å². The van der Waals surface area contributed by atoms with Gasteiger partial charge >= 0.3 is 0 Å². The summed E-state index contributed by atoms with van der Waals surface area (Å²) in [5, 5.41) is 2.90. The largest absolute Gasteiger partial charge is 0.373 e. The average molecular weight is 291 g/mol. The van der Waals surface area contributed by atoms with Crippen LogP contribution >= 0.6 is 0 Å². The van der Waals surface area contributed by atoms with Crippen LogP contribution in [0.5, 0.6) is 0 Å². The fourth-order valence-electron chi connectivity index (χ4n) is 2.93. The molecule has 1 aromatic heterocycles. The molecule has 0 saturated carbocycles. The molecule has 7 nitrogen and oxygen atoms in total. The molecule has 7 heteroatoms. The van der Waals surface area contributed by atoms with Gasteiger partial charge in [0, 0.05) is 25.3 Å². The molecule has 3 rings (SSSR count). The summed E-state index contributed by atoms with van der Waals surface area (Å²) in [4.78, 5) is 18.5. The van der Waals surface area contributed by atoms with Gasteiger partial charge in [0.15, 0.2) is 0 Å². The third kappa shape index (κ3) is 3.31. The molecule has 2 fully saturated rings. The first-order valence-electron chi connectivity index (χ1n) is 7.33. The van der Waals surface area contributed by atoms with Crippen molar-refractivity contribution in [1.82, 2.24) is 15.2 Å². The second kappa shape index (κ2) is 6.38. The molecule has 0 bridgehead atoms. The van der Waals surface area contributed by atoms with E-state index in [9.17, 15) is 4.79 Å². The second-order valence-corrected chi connectivity index (χ2v) is 5.53. The number of nitrogens with zero attached hydrogens (tertiary/aromatic N) is 2. The number of pyridine rings is 1. The number of ether oxygens (including phenoxy) is 1. The minimum absolute atomic E-state index is 0.0706. The van der Waals surface area contributed by atoms with Crippen LogP contribution in [0.15, 0.2) is 18.3 Å². The van der Waals surface area contributed by atoms with E-state index in [1.165, 1.54) is 19.0 Å². The number of amides is 1. The Morgan fingerprint density at radius 1 is 1.52 bits per heavy atom. The van der Waals surface area contributed by atoms with Crippen LogP contribution in [0.25, 0.3) is 0 Å². The quantitative estimate of drug-likeness (QED) is 0.532. The standard InChI is InChI=1S/C14H21N5O2/c15-18-13-4-3-10(6-16-13)14(20)17-7-12-8-19-5-1-2-11(19)9-21-12/h3-4,6,11-12H,1-2,5,7-9,15H2,(H,16,18)(H,17,20). The number of carbonyl (C=O) groups excluding carboxylic acids is 1. The molecule has 2 aliphatic rings. The van der Waals surface area contributed by atoms with Gasteiger partial charge in [0.05, 0.1) is 18.3 Å². The van der Waals surface area contributed by atoms with Crippen molar-refractivity contribution in [2.45, 2.75) is 25.0 Å². The van der Waals surface area contributed by atoms with E-state index in [2.05, 4.69) is 20.6 Å². The lowest BCUT2D eigenvalue weighted by Gasteiger charge is -2.35. The average Bonchev–Trinajstić information content (AvgIpc) is 3.00. The summed E-state index contributed by atoms with van der Waals surface area (Å²) in [6, 6.07) is 3.94. The summed E-state index contributed by atoms with van der Waals surface area (Å²) >= 11 is 0. The first-order valence-corrected chi connectivity index (χ1v) is 7.33. The van der Waals surface area contributed by atoms with Gasteiger partial charge in [-0.15, -0.1) is 0 Å². The number of hydrogen-bond donors (Lipinski definition) is 3. The van der Waals surface area contributed by atoms with Crippen LogP contribution in [-0.2, 0) is 4.74 Å². The highest BCUT2D eigenvalue weighted by atomic mass is 16.5. The van der Waals surface area contributed by atoms with Gasteiger partial charge in [0.2, 0.25) is 0 Å². The van der Waals surface area contributed by atoms with Crippen molar-refractivity contribution in [3.63, 3.8) is 0 Å². The molecule has 0 aromatic carbocycles. The van der Waals surface area contributed by atoms with E-state index in [4.69, 9.17) is 10.6 Å². The molecule has 0 spiro atoms. The maximum Gasteiger partial charge on any atom is 0.252 e. The summed E-state index contributed by atoms with van der Waals surface area (Å²) in [6.07, 6.45) is 4.05. The normalized spacial score (nSPS) is 25.4. The number of nitrogens with two attached hydrogens (primary N) is 1. The zero-order valence-corrected chi connectivity index (χ0v) is 11.9. The smallest absolute Gasteiger partial charge is 0.252 e. The molecule has 114 valence electrons. The molecule has 2 unspecified atom stereocenters. The van der Waals surface area contributed by atoms with Crippen molar-refractivity contribution in [3.05, 3.63) is 23.9 Å². The number of aromatic nitrogens is 1. The highest BCUT2D eigenvalue weighted by molar-refractivity contribution is 5.94. The van der Waals surface area contributed by atoms with Crippen LogP contribution < -0.4 is 16.6 Å². The molecule has 1 amide bonds. The number of carbonyl (C=O) groups is 1. The lowest BCUT2D eigenvalue weighted by molar-refractivity contribution is -0.0461. The molecule has 4 N–H and O–H groups in total. The summed E-state index contributed by atoms with van der Waals surface area (Å²) in [7, 11) is 0. The van der Waals surface area contributed by atoms with E-state index in [0.717, 1.165) is 19.7 Å². The molecule has 2 saturated heterocycles. The third-order valence-corrected chi connectivity index (χ3v) is 4.13. The molecule has 0 aliphatic carbocycles. The third-order valence-electron chi connectivity index (χ3n) is 4.13. The van der Waals surface area contributed by atoms with Crippen LogP contribution in [0.1, 0.15) is 23.2 Å². The van der Waals surface area contributed by atoms with Gasteiger partial charge in [-0.2, -0.15) is 0 Å². The molecule has 2 aliphatic heterocycles. The highest BCUT2D eigenvalue weighted by Crippen LogP contribution is 2.22. The number of fused-ring (bicyclic) bond motifs is 1. The molecule has 0 radical (unpaired) electrons. The van der Waals surface area contributed by atoms with Crippen LogP contribution in [-0.4, -0.2) is 54.2 Å². The Morgan fingerprint density at radius 3 is 3.19 bits per heavy atom. The molecule has 3 heterocycles. The van der Waals surface area contributed by atoms with Crippen LogP contribution in [0, 0.1) is 0 Å². The lowest BCUT2D eigenvalue weighted by atomic mass is 10.2. The van der Waals surface area contributed by atoms with E-state index in [1.807, 2.05) is 0 Å². The summed E-state index contributed by atoms with van der Waals surface area (Å²) in [5.41, 5.74) is 2.95. The Balaban J connectivity index is 1.49. The molecule has 21 heavy (non-hydrogen) atoms. The monoisotopic (exact) mass is 291 g/mol. The van der Waals surface area contributed by atoms with Crippen molar-refractivity contribution < 1.29 is 9.53 Å². The second-order valence-electron chi connectivity index (χ2n) is 5.53. The number of anilines is 1. The van der Waals surface area contributed by atoms with E-state index in [1.54, 1.807) is 12.1 Å². The highest BCUT2D eigenvalue weighted by Gasteiger charge is 2.32. The van der Waals surface area contributed by atoms with Crippen molar-refractivity contribution in [3.8, 4) is 0 Å². The van der Waals surface area contributed by atoms with Crippen molar-refractivity contribution >= 4 is 11.7 Å². The Labute approximate surface area is 123 Å². The number of rotatable bonds is 4. The Hall–Kier alpha value is -1.70. The van der Waals surface area contributed by atoms with Gasteiger partial charge in [-0.3, -0.25) is 9.69 Å². The Bertz CT molecular complexity index is 493. The number of hydrogen-bond acceptors (Lipinski definition) is 6. The minimum Gasteiger partial charge on any atom is -0.373 e. The van der Waals surface area contributed by atoms with E-state index < -0.39 is 0 Å². The van der Waals surface area contributed by atoms with Gasteiger partial charge < -0.3 is 15.5 Å². The zero-order chi connectivity index (χ0) is 14.7. The molecule has 2 atom stereocenters. The summed E-state index contributed by atoms with van der Waals surface area (Å²) in [6.45, 7) is 3.35. The predicted molar refractivity (Wildman–Crippen MR) is 78.7 cm³/mol. The van der Waals surface area contributed by atoms with Gasteiger partial charge in [-0.25, -0.2) is 10.8 Å². The van der Waals surface area contributed by atoms with Crippen molar-refractivity contribution in [2.75, 3.05) is 31.7 Å². The number of nitrogen functional groups attached to an aromatic ring is 1. The van der Waals surface area contributed by atoms with Gasteiger partial charge in [-0.05, 0) is 31.5 Å². The fourth-order valence-corrected chi connectivity index (χ4v) is 2.93. The number of morpholine rings is 1. The Kier molecular flexibility index (Phi) is 4.33. The molecular formula is C14H21N5O2. The first kappa shape index (κ1) is 14.2. The van der Waals surface area contributed by atoms with E-state index >= 15 is 0 Å². The number of hydrazine groups is 1. The van der Waals surface area contributed by atoms with Crippen LogP contribution in [0.4, 0.5) is 5.82 Å². The maximum absolute atomic E-state index is 12.0. The fraction of sp³-hybridized carbons (Fsp3) is 0.571. The predicted octanol–water partition coefficient (Wildman–Crippen LogP) is -0.0398. The van der Waals surface area contributed by atoms with Gasteiger partial charge in [-0.1, -0.05) is 0 Å². The van der Waals surface area contributed by atoms with Crippen LogP contribution in [0.3, 0.4) is 0 Å². The van der Waals surface area contributed by atoms with Gasteiger partial charge in [0.25, 0.3) is 5.91 Å². The summed E-state index contributed by atoms with van der Waals surface area (Å²) in [5.74, 6) is 5.63. The zero-order valence-electron chi connectivity index (χ0n) is 11.9. The Morgan fingerprint density at radius 2 is 2.43 bits per heavy atom. The minimum atomic E-state index is -0.141. The SMILES string of the molecule is NNc1ccc(C(=O)NCC2CN3CCCC3CO2)cn1.